The first-order chi connectivity index (χ1) is 9.16. The molecule has 0 aliphatic carbocycles. The van der Waals surface area contributed by atoms with Crippen molar-refractivity contribution >= 4 is 56.8 Å². The molecular formula is C14H11I2NO2. The molecule has 0 bridgehead atoms. The van der Waals surface area contributed by atoms with Crippen molar-refractivity contribution in [3.63, 3.8) is 0 Å². The van der Waals surface area contributed by atoms with Crippen LogP contribution in [0.25, 0.3) is 0 Å². The minimum absolute atomic E-state index is 0.00495. The Morgan fingerprint density at radius 3 is 2.32 bits per heavy atom. The molecule has 2 aromatic carbocycles. The number of hydrogen-bond donors (Lipinski definition) is 1. The first-order valence-corrected chi connectivity index (χ1v) is 7.74. The number of amides is 1. The number of carbonyl (C=O) groups is 1. The average molecular weight is 479 g/mol. The highest BCUT2D eigenvalue weighted by molar-refractivity contribution is 14.1. The molecule has 0 unspecified atom stereocenters. The van der Waals surface area contributed by atoms with Gasteiger partial charge in [0.05, 0.1) is 9.26 Å². The Morgan fingerprint density at radius 1 is 1.00 bits per heavy atom. The summed E-state index contributed by atoms with van der Waals surface area (Å²) in [5.74, 6) is 0.560. The van der Waals surface area contributed by atoms with Crippen LogP contribution in [-0.4, -0.2) is 12.5 Å². The maximum atomic E-state index is 11.8. The van der Waals surface area contributed by atoms with Gasteiger partial charge in [0.2, 0.25) is 0 Å². The molecule has 2 rings (SSSR count). The van der Waals surface area contributed by atoms with E-state index >= 15 is 0 Å². The van der Waals surface area contributed by atoms with Crippen LogP contribution in [0.1, 0.15) is 0 Å². The SMILES string of the molecule is O=C(COc1ccccc1I)Nc1ccccc1I. The molecule has 1 N–H and O–H groups in total. The number of carbonyl (C=O) groups excluding carboxylic acids is 1. The van der Waals surface area contributed by atoms with Gasteiger partial charge >= 0.3 is 0 Å². The summed E-state index contributed by atoms with van der Waals surface area (Å²) in [4.78, 5) is 11.8. The zero-order valence-corrected chi connectivity index (χ0v) is 14.2. The predicted octanol–water partition coefficient (Wildman–Crippen LogP) is 3.91. The van der Waals surface area contributed by atoms with Crippen molar-refractivity contribution in [1.29, 1.82) is 0 Å². The van der Waals surface area contributed by atoms with Gasteiger partial charge in [-0.2, -0.15) is 0 Å². The van der Waals surface area contributed by atoms with Gasteiger partial charge in [-0.1, -0.05) is 24.3 Å². The molecule has 0 radical (unpaired) electrons. The summed E-state index contributed by atoms with van der Waals surface area (Å²) in [6.07, 6.45) is 0. The summed E-state index contributed by atoms with van der Waals surface area (Å²) in [6.45, 7) is 0.00495. The Kier molecular flexibility index (Phi) is 5.44. The Bertz CT molecular complexity index is 587. The monoisotopic (exact) mass is 479 g/mol. The van der Waals surface area contributed by atoms with Crippen LogP contribution in [-0.2, 0) is 4.79 Å². The van der Waals surface area contributed by atoms with E-state index in [4.69, 9.17) is 4.74 Å². The number of halogens is 2. The number of rotatable bonds is 4. The summed E-state index contributed by atoms with van der Waals surface area (Å²) in [5, 5.41) is 2.83. The fraction of sp³-hybridized carbons (Fsp3) is 0.0714. The number of benzene rings is 2. The van der Waals surface area contributed by atoms with E-state index in [1.807, 2.05) is 48.5 Å². The zero-order valence-electron chi connectivity index (χ0n) is 9.90. The van der Waals surface area contributed by atoms with Crippen molar-refractivity contribution in [1.82, 2.24) is 0 Å². The van der Waals surface area contributed by atoms with E-state index in [1.54, 1.807) is 0 Å². The van der Waals surface area contributed by atoms with E-state index in [0.29, 0.717) is 0 Å². The maximum absolute atomic E-state index is 11.8. The quantitative estimate of drug-likeness (QED) is 0.676. The molecule has 0 saturated carbocycles. The van der Waals surface area contributed by atoms with Crippen molar-refractivity contribution in [2.45, 2.75) is 0 Å². The average Bonchev–Trinajstić information content (AvgIpc) is 2.40. The summed E-state index contributed by atoms with van der Waals surface area (Å²) >= 11 is 4.36. The van der Waals surface area contributed by atoms with Gasteiger partial charge in [-0.15, -0.1) is 0 Å². The second-order valence-electron chi connectivity index (χ2n) is 3.75. The standard InChI is InChI=1S/C14H11I2NO2/c15-10-5-1-3-7-12(10)17-14(18)9-19-13-8-4-2-6-11(13)16/h1-8H,9H2,(H,17,18). The largest absolute Gasteiger partial charge is 0.483 e. The van der Waals surface area contributed by atoms with Crippen LogP contribution in [0.5, 0.6) is 5.75 Å². The molecule has 0 aromatic heterocycles. The van der Waals surface area contributed by atoms with Crippen molar-refractivity contribution in [2.75, 3.05) is 11.9 Å². The Balaban J connectivity index is 1.92. The fourth-order valence-corrected chi connectivity index (χ4v) is 2.52. The molecule has 0 saturated heterocycles. The second-order valence-corrected chi connectivity index (χ2v) is 6.07. The first kappa shape index (κ1) is 14.6. The lowest BCUT2D eigenvalue weighted by Crippen LogP contribution is -2.20. The van der Waals surface area contributed by atoms with Gasteiger partial charge in [0, 0.05) is 3.57 Å². The van der Waals surface area contributed by atoms with Crippen LogP contribution >= 0.6 is 45.2 Å². The fourth-order valence-electron chi connectivity index (χ4n) is 1.45. The number of hydrogen-bond acceptors (Lipinski definition) is 2. The third-order valence-electron chi connectivity index (χ3n) is 2.34. The molecule has 2 aromatic rings. The molecule has 0 aliphatic rings. The molecule has 0 heterocycles. The molecule has 98 valence electrons. The predicted molar refractivity (Wildman–Crippen MR) is 92.4 cm³/mol. The minimum Gasteiger partial charge on any atom is -0.483 e. The van der Waals surface area contributed by atoms with E-state index in [1.165, 1.54) is 0 Å². The van der Waals surface area contributed by atoms with Crippen molar-refractivity contribution < 1.29 is 9.53 Å². The van der Waals surface area contributed by atoms with Crippen molar-refractivity contribution in [2.24, 2.45) is 0 Å². The normalized spacial score (nSPS) is 10.0. The molecule has 0 atom stereocenters. The van der Waals surface area contributed by atoms with Gasteiger partial charge in [-0.05, 0) is 69.4 Å². The molecule has 3 nitrogen and oxygen atoms in total. The van der Waals surface area contributed by atoms with E-state index in [0.717, 1.165) is 18.6 Å². The molecular weight excluding hydrogens is 468 g/mol. The zero-order chi connectivity index (χ0) is 13.7. The number of ether oxygens (including phenoxy) is 1. The third kappa shape index (κ3) is 4.34. The number of nitrogens with one attached hydrogen (secondary N) is 1. The summed E-state index contributed by atoms with van der Waals surface area (Å²) in [6, 6.07) is 15.2. The molecule has 1 amide bonds. The van der Waals surface area contributed by atoms with Gasteiger partial charge in [-0.3, -0.25) is 4.79 Å². The van der Waals surface area contributed by atoms with Crippen LogP contribution in [0.2, 0.25) is 0 Å². The molecule has 0 fully saturated rings. The molecule has 0 aliphatic heterocycles. The van der Waals surface area contributed by atoms with Gasteiger partial charge in [0.25, 0.3) is 5.91 Å². The first-order valence-electron chi connectivity index (χ1n) is 5.58. The van der Waals surface area contributed by atoms with E-state index in [-0.39, 0.29) is 12.5 Å². The van der Waals surface area contributed by atoms with Gasteiger partial charge < -0.3 is 10.1 Å². The topological polar surface area (TPSA) is 38.3 Å². The highest BCUT2D eigenvalue weighted by Gasteiger charge is 2.07. The number of para-hydroxylation sites is 2. The lowest BCUT2D eigenvalue weighted by atomic mass is 10.3. The summed E-state index contributed by atoms with van der Waals surface area (Å²) < 4.78 is 7.48. The van der Waals surface area contributed by atoms with Crippen molar-refractivity contribution in [3.05, 3.63) is 55.7 Å². The van der Waals surface area contributed by atoms with Crippen LogP contribution in [0.4, 0.5) is 5.69 Å². The summed E-state index contributed by atoms with van der Waals surface area (Å²) in [5.41, 5.74) is 0.805. The van der Waals surface area contributed by atoms with Gasteiger partial charge in [0.1, 0.15) is 5.75 Å². The minimum atomic E-state index is -0.163. The molecule has 0 spiro atoms. The van der Waals surface area contributed by atoms with Crippen LogP contribution in [0, 0.1) is 7.14 Å². The van der Waals surface area contributed by atoms with Crippen LogP contribution in [0.3, 0.4) is 0 Å². The molecule has 19 heavy (non-hydrogen) atoms. The smallest absolute Gasteiger partial charge is 0.262 e. The van der Waals surface area contributed by atoms with E-state index in [2.05, 4.69) is 50.5 Å². The molecule has 5 heteroatoms. The van der Waals surface area contributed by atoms with Gasteiger partial charge in [0.15, 0.2) is 6.61 Å². The van der Waals surface area contributed by atoms with Crippen LogP contribution in [0.15, 0.2) is 48.5 Å². The van der Waals surface area contributed by atoms with Gasteiger partial charge in [-0.25, -0.2) is 0 Å². The third-order valence-corrected chi connectivity index (χ3v) is 4.18. The lowest BCUT2D eigenvalue weighted by Gasteiger charge is -2.09. The Morgan fingerprint density at radius 2 is 1.63 bits per heavy atom. The Hall–Kier alpha value is -0.830. The summed E-state index contributed by atoms with van der Waals surface area (Å²) in [7, 11) is 0. The second kappa shape index (κ2) is 7.09. The van der Waals surface area contributed by atoms with E-state index < -0.39 is 0 Å². The Labute approximate surface area is 139 Å². The highest BCUT2D eigenvalue weighted by atomic mass is 127. The van der Waals surface area contributed by atoms with Crippen molar-refractivity contribution in [3.8, 4) is 5.75 Å². The lowest BCUT2D eigenvalue weighted by molar-refractivity contribution is -0.118. The highest BCUT2D eigenvalue weighted by Crippen LogP contribution is 2.20. The maximum Gasteiger partial charge on any atom is 0.262 e. The van der Waals surface area contributed by atoms with E-state index in [9.17, 15) is 4.79 Å². The van der Waals surface area contributed by atoms with Crippen LogP contribution < -0.4 is 10.1 Å². The number of anilines is 1.